The number of unbranched alkanes of at least 4 members (excludes halogenated alkanes) is 2. The van der Waals surface area contributed by atoms with Gasteiger partial charge in [-0.25, -0.2) is 0 Å². The molecule has 2 N–H and O–H groups in total. The highest BCUT2D eigenvalue weighted by molar-refractivity contribution is 6.22. The fourth-order valence-electron chi connectivity index (χ4n) is 3.22. The Bertz CT molecular complexity index is 939. The maximum atomic E-state index is 12.7. The standard InChI is InChI=1S/C22H22N2O5/c25-19(26)9-5-2-6-12-23-20(27)16-10-11-17-18(13-16)22(29)24(21(17)28)14-15-7-3-1-4-8-15/h1,3-4,7-8,10-11,13H,2,5-6,9,12,14H2,(H,23,27)(H,25,26). The second-order valence-corrected chi connectivity index (χ2v) is 6.90. The molecule has 0 radical (unpaired) electrons. The third kappa shape index (κ3) is 4.87. The van der Waals surface area contributed by atoms with Crippen molar-refractivity contribution in [2.24, 2.45) is 0 Å². The monoisotopic (exact) mass is 394 g/mol. The van der Waals surface area contributed by atoms with Crippen molar-refractivity contribution in [1.82, 2.24) is 10.2 Å². The minimum Gasteiger partial charge on any atom is -0.481 e. The Morgan fingerprint density at radius 1 is 0.897 bits per heavy atom. The Balaban J connectivity index is 1.60. The van der Waals surface area contributed by atoms with Crippen molar-refractivity contribution >= 4 is 23.7 Å². The van der Waals surface area contributed by atoms with Gasteiger partial charge < -0.3 is 10.4 Å². The van der Waals surface area contributed by atoms with Gasteiger partial charge in [0.25, 0.3) is 17.7 Å². The molecular weight excluding hydrogens is 372 g/mol. The molecule has 2 aromatic rings. The number of imide groups is 1. The average Bonchev–Trinajstić information content (AvgIpc) is 2.95. The minimum absolute atomic E-state index is 0.119. The number of carboxylic acids is 1. The van der Waals surface area contributed by atoms with Crippen molar-refractivity contribution < 1.29 is 24.3 Å². The third-order valence-corrected chi connectivity index (χ3v) is 4.77. The lowest BCUT2D eigenvalue weighted by atomic mass is 10.1. The number of carboxylic acid groups (broad SMARTS) is 1. The van der Waals surface area contributed by atoms with E-state index in [0.717, 1.165) is 5.56 Å². The van der Waals surface area contributed by atoms with Crippen molar-refractivity contribution in [3.8, 4) is 0 Å². The van der Waals surface area contributed by atoms with Crippen LogP contribution < -0.4 is 5.32 Å². The van der Waals surface area contributed by atoms with Crippen LogP contribution >= 0.6 is 0 Å². The number of nitrogens with one attached hydrogen (secondary N) is 1. The van der Waals surface area contributed by atoms with E-state index in [0.29, 0.717) is 36.9 Å². The molecule has 3 amide bonds. The number of hydrogen-bond acceptors (Lipinski definition) is 4. The molecule has 1 aliphatic rings. The van der Waals surface area contributed by atoms with E-state index in [1.165, 1.54) is 23.1 Å². The van der Waals surface area contributed by atoms with E-state index in [2.05, 4.69) is 5.32 Å². The number of benzene rings is 2. The summed E-state index contributed by atoms with van der Waals surface area (Å²) >= 11 is 0. The zero-order valence-corrected chi connectivity index (χ0v) is 15.9. The molecule has 3 rings (SSSR count). The number of hydrogen-bond donors (Lipinski definition) is 2. The van der Waals surface area contributed by atoms with Crippen LogP contribution in [0, 0.1) is 0 Å². The van der Waals surface area contributed by atoms with Crippen LogP contribution in [0.2, 0.25) is 0 Å². The van der Waals surface area contributed by atoms with Crippen molar-refractivity contribution in [1.29, 1.82) is 0 Å². The maximum absolute atomic E-state index is 12.7. The zero-order chi connectivity index (χ0) is 20.8. The molecule has 0 saturated heterocycles. The lowest BCUT2D eigenvalue weighted by molar-refractivity contribution is -0.137. The number of rotatable bonds is 9. The van der Waals surface area contributed by atoms with Gasteiger partial charge >= 0.3 is 5.97 Å². The van der Waals surface area contributed by atoms with Crippen LogP contribution in [0.25, 0.3) is 0 Å². The molecular formula is C22H22N2O5. The lowest BCUT2D eigenvalue weighted by Gasteiger charge is -2.13. The first-order chi connectivity index (χ1) is 14.0. The second kappa shape index (κ2) is 9.14. The zero-order valence-electron chi connectivity index (χ0n) is 15.9. The van der Waals surface area contributed by atoms with Crippen LogP contribution in [0.15, 0.2) is 48.5 Å². The molecule has 0 bridgehead atoms. The molecule has 0 saturated carbocycles. The van der Waals surface area contributed by atoms with E-state index in [4.69, 9.17) is 5.11 Å². The summed E-state index contributed by atoms with van der Waals surface area (Å²) in [4.78, 5) is 49.3. The summed E-state index contributed by atoms with van der Waals surface area (Å²) in [5.41, 5.74) is 1.70. The Labute approximate surface area is 168 Å². The normalized spacial score (nSPS) is 12.8. The molecule has 0 aliphatic carbocycles. The van der Waals surface area contributed by atoms with Crippen LogP contribution in [0.4, 0.5) is 0 Å². The number of aliphatic carboxylic acids is 1. The van der Waals surface area contributed by atoms with Gasteiger partial charge in [0.1, 0.15) is 0 Å². The number of amides is 3. The van der Waals surface area contributed by atoms with Crippen LogP contribution in [0.5, 0.6) is 0 Å². The average molecular weight is 394 g/mol. The molecule has 1 heterocycles. The molecule has 0 aromatic heterocycles. The second-order valence-electron chi connectivity index (χ2n) is 6.90. The van der Waals surface area contributed by atoms with E-state index in [1.54, 1.807) is 0 Å². The van der Waals surface area contributed by atoms with Gasteiger partial charge in [0.2, 0.25) is 0 Å². The third-order valence-electron chi connectivity index (χ3n) is 4.77. The predicted molar refractivity (Wildman–Crippen MR) is 106 cm³/mol. The summed E-state index contributed by atoms with van der Waals surface area (Å²) in [5, 5.41) is 11.4. The van der Waals surface area contributed by atoms with Crippen molar-refractivity contribution in [3.63, 3.8) is 0 Å². The quantitative estimate of drug-likeness (QED) is 0.503. The van der Waals surface area contributed by atoms with Gasteiger partial charge in [-0.05, 0) is 36.6 Å². The Kier molecular flexibility index (Phi) is 6.39. The fourth-order valence-corrected chi connectivity index (χ4v) is 3.22. The van der Waals surface area contributed by atoms with Gasteiger partial charge in [0.05, 0.1) is 17.7 Å². The molecule has 1 aliphatic heterocycles. The molecule has 0 unspecified atom stereocenters. The molecule has 7 heteroatoms. The molecule has 29 heavy (non-hydrogen) atoms. The number of nitrogens with zero attached hydrogens (tertiary/aromatic N) is 1. The van der Waals surface area contributed by atoms with E-state index < -0.39 is 11.9 Å². The van der Waals surface area contributed by atoms with Gasteiger partial charge in [-0.15, -0.1) is 0 Å². The van der Waals surface area contributed by atoms with E-state index in [-0.39, 0.29) is 30.3 Å². The minimum atomic E-state index is -0.826. The number of fused-ring (bicyclic) bond motifs is 1. The van der Waals surface area contributed by atoms with Crippen LogP contribution in [-0.2, 0) is 11.3 Å². The molecule has 0 atom stereocenters. The largest absolute Gasteiger partial charge is 0.481 e. The highest BCUT2D eigenvalue weighted by atomic mass is 16.4. The SMILES string of the molecule is O=C(O)CCCCCNC(=O)c1ccc2c(c1)C(=O)N(Cc1ccccc1)C2=O. The van der Waals surface area contributed by atoms with Gasteiger partial charge in [0, 0.05) is 18.5 Å². The van der Waals surface area contributed by atoms with E-state index in [1.807, 2.05) is 30.3 Å². The van der Waals surface area contributed by atoms with Gasteiger partial charge in [0.15, 0.2) is 0 Å². The van der Waals surface area contributed by atoms with Gasteiger partial charge in [-0.3, -0.25) is 24.1 Å². The first kappa shape index (κ1) is 20.3. The van der Waals surface area contributed by atoms with Crippen molar-refractivity contribution in [2.45, 2.75) is 32.2 Å². The maximum Gasteiger partial charge on any atom is 0.303 e. The highest BCUT2D eigenvalue weighted by Crippen LogP contribution is 2.25. The highest BCUT2D eigenvalue weighted by Gasteiger charge is 2.35. The Morgan fingerprint density at radius 2 is 1.62 bits per heavy atom. The topological polar surface area (TPSA) is 104 Å². The van der Waals surface area contributed by atoms with E-state index >= 15 is 0 Å². The summed E-state index contributed by atoms with van der Waals surface area (Å²) in [7, 11) is 0. The Hall–Kier alpha value is -3.48. The molecule has 0 spiro atoms. The van der Waals surface area contributed by atoms with Gasteiger partial charge in [-0.1, -0.05) is 36.8 Å². The summed E-state index contributed by atoms with van der Waals surface area (Å²) in [6.45, 7) is 0.605. The van der Waals surface area contributed by atoms with Gasteiger partial charge in [-0.2, -0.15) is 0 Å². The van der Waals surface area contributed by atoms with Crippen molar-refractivity contribution in [3.05, 3.63) is 70.8 Å². The molecule has 2 aromatic carbocycles. The summed E-state index contributed by atoms with van der Waals surface area (Å²) in [6, 6.07) is 13.8. The first-order valence-corrected chi connectivity index (χ1v) is 9.51. The Morgan fingerprint density at radius 3 is 2.34 bits per heavy atom. The van der Waals surface area contributed by atoms with E-state index in [9.17, 15) is 19.2 Å². The summed E-state index contributed by atoms with van der Waals surface area (Å²) in [6.07, 6.45) is 2.07. The first-order valence-electron chi connectivity index (χ1n) is 9.51. The smallest absolute Gasteiger partial charge is 0.303 e. The molecule has 7 nitrogen and oxygen atoms in total. The van der Waals surface area contributed by atoms with Crippen molar-refractivity contribution in [2.75, 3.05) is 6.54 Å². The summed E-state index contributed by atoms with van der Waals surface area (Å²) in [5.74, 6) is -1.92. The lowest BCUT2D eigenvalue weighted by Crippen LogP contribution is -2.29. The number of carbonyl (C=O) groups excluding carboxylic acids is 3. The van der Waals surface area contributed by atoms with Crippen LogP contribution in [0.3, 0.4) is 0 Å². The summed E-state index contributed by atoms with van der Waals surface area (Å²) < 4.78 is 0. The number of carbonyl (C=O) groups is 4. The van der Waals surface area contributed by atoms with Crippen LogP contribution in [-0.4, -0.2) is 40.2 Å². The predicted octanol–water partition coefficient (Wildman–Crippen LogP) is 2.86. The fraction of sp³-hybridized carbons (Fsp3) is 0.273. The van der Waals surface area contributed by atoms with Crippen LogP contribution in [0.1, 0.15) is 62.3 Å². The molecule has 150 valence electrons. The molecule has 0 fully saturated rings.